The number of carboxylic acid groups (broad SMARTS) is 1. The molecule has 1 aromatic carbocycles. The lowest BCUT2D eigenvalue weighted by Crippen LogP contribution is -2.43. The minimum atomic E-state index is -1.02. The first-order valence-electron chi connectivity index (χ1n) is 12.8. The van der Waals surface area contributed by atoms with Crippen LogP contribution in [0.3, 0.4) is 0 Å². The lowest BCUT2D eigenvalue weighted by Gasteiger charge is -2.14. The molecule has 4 heterocycles. The molecule has 1 fully saturated rings. The molecular formula is C26H27FN8O6. The SMILES string of the molecule is N[C@@H](CCC(=O)O)C(=O)NC[C@@H]1CC(c2ccc(-c3ccc(N4C[C@H](Cn5ccnn5)OC4=O)cc3F)cn2)=NO1. The van der Waals surface area contributed by atoms with Gasteiger partial charge < -0.3 is 25.7 Å². The second kappa shape index (κ2) is 12.1. The number of nitrogens with two attached hydrogens (primary N) is 1. The Labute approximate surface area is 232 Å². The molecule has 14 nitrogen and oxygen atoms in total. The third-order valence-corrected chi connectivity index (χ3v) is 6.61. The van der Waals surface area contributed by atoms with Gasteiger partial charge in [-0.15, -0.1) is 5.10 Å². The van der Waals surface area contributed by atoms with Crippen molar-refractivity contribution in [2.75, 3.05) is 18.0 Å². The summed E-state index contributed by atoms with van der Waals surface area (Å²) >= 11 is 0. The number of nitrogens with zero attached hydrogens (tertiary/aromatic N) is 6. The molecule has 2 aromatic heterocycles. The number of carbonyl (C=O) groups excluding carboxylic acids is 2. The number of hydrogen-bond acceptors (Lipinski definition) is 10. The second-order valence-electron chi connectivity index (χ2n) is 9.59. The Morgan fingerprint density at radius 3 is 2.80 bits per heavy atom. The molecule has 3 atom stereocenters. The molecule has 15 heteroatoms. The van der Waals surface area contributed by atoms with Crippen LogP contribution in [0.15, 0.2) is 54.1 Å². The molecule has 4 N–H and O–H groups in total. The number of aliphatic carboxylic acids is 1. The lowest BCUT2D eigenvalue weighted by molar-refractivity contribution is -0.137. The van der Waals surface area contributed by atoms with E-state index in [1.807, 2.05) is 0 Å². The number of carbonyl (C=O) groups is 3. The average Bonchev–Trinajstić information content (AvgIpc) is 3.72. The van der Waals surface area contributed by atoms with Crippen molar-refractivity contribution in [3.63, 3.8) is 0 Å². The van der Waals surface area contributed by atoms with Gasteiger partial charge in [0.15, 0.2) is 6.10 Å². The fourth-order valence-corrected chi connectivity index (χ4v) is 4.44. The predicted molar refractivity (Wildman–Crippen MR) is 141 cm³/mol. The Hall–Kier alpha value is -4.92. The minimum absolute atomic E-state index is 0.0319. The Bertz CT molecular complexity index is 1450. The van der Waals surface area contributed by atoms with Crippen molar-refractivity contribution in [3.8, 4) is 11.1 Å². The molecule has 0 spiro atoms. The predicted octanol–water partition coefficient (Wildman–Crippen LogP) is 1.31. The molecular weight excluding hydrogens is 539 g/mol. The third kappa shape index (κ3) is 6.63. The van der Waals surface area contributed by atoms with E-state index in [1.165, 1.54) is 23.4 Å². The molecule has 2 aliphatic heterocycles. The van der Waals surface area contributed by atoms with Crippen molar-refractivity contribution < 1.29 is 33.5 Å². The van der Waals surface area contributed by atoms with E-state index in [-0.39, 0.29) is 25.9 Å². The highest BCUT2D eigenvalue weighted by atomic mass is 19.1. The van der Waals surface area contributed by atoms with Crippen LogP contribution in [0.4, 0.5) is 14.9 Å². The van der Waals surface area contributed by atoms with Gasteiger partial charge in [-0.05, 0) is 30.7 Å². The molecule has 0 saturated carbocycles. The van der Waals surface area contributed by atoms with E-state index in [2.05, 4.69) is 25.8 Å². The normalized spacial score (nSPS) is 18.9. The zero-order valence-corrected chi connectivity index (χ0v) is 21.7. The maximum Gasteiger partial charge on any atom is 0.414 e. The molecule has 2 aliphatic rings. The van der Waals surface area contributed by atoms with Gasteiger partial charge in [0.25, 0.3) is 0 Å². The summed E-state index contributed by atoms with van der Waals surface area (Å²) in [5, 5.41) is 23.0. The number of nitrogens with one attached hydrogen (secondary N) is 1. The first-order valence-corrected chi connectivity index (χ1v) is 12.8. The monoisotopic (exact) mass is 566 g/mol. The van der Waals surface area contributed by atoms with Gasteiger partial charge in [0.1, 0.15) is 17.6 Å². The molecule has 0 aliphatic carbocycles. The number of aromatic nitrogens is 4. The van der Waals surface area contributed by atoms with Crippen LogP contribution >= 0.6 is 0 Å². The maximum atomic E-state index is 15.1. The largest absolute Gasteiger partial charge is 0.481 e. The van der Waals surface area contributed by atoms with Gasteiger partial charge in [-0.1, -0.05) is 16.4 Å². The van der Waals surface area contributed by atoms with E-state index in [0.717, 1.165) is 0 Å². The Morgan fingerprint density at radius 1 is 1.24 bits per heavy atom. The summed E-state index contributed by atoms with van der Waals surface area (Å²) in [6.07, 6.45) is 3.50. The molecule has 0 radical (unpaired) electrons. The van der Waals surface area contributed by atoms with E-state index >= 15 is 4.39 Å². The zero-order valence-electron chi connectivity index (χ0n) is 21.7. The van der Waals surface area contributed by atoms with Crippen LogP contribution in [0, 0.1) is 5.82 Å². The van der Waals surface area contributed by atoms with E-state index in [0.29, 0.717) is 41.2 Å². The summed E-state index contributed by atoms with van der Waals surface area (Å²) in [6, 6.07) is 6.98. The van der Waals surface area contributed by atoms with Crippen molar-refractivity contribution in [2.45, 2.75) is 44.1 Å². The molecule has 1 saturated heterocycles. The van der Waals surface area contributed by atoms with E-state index in [4.69, 9.17) is 20.4 Å². The highest BCUT2D eigenvalue weighted by Gasteiger charge is 2.33. The van der Waals surface area contributed by atoms with E-state index < -0.39 is 42.0 Å². The highest BCUT2D eigenvalue weighted by Crippen LogP contribution is 2.29. The number of oxime groups is 1. The summed E-state index contributed by atoms with van der Waals surface area (Å²) in [6.45, 7) is 0.740. The van der Waals surface area contributed by atoms with Crippen molar-refractivity contribution in [3.05, 3.63) is 60.4 Å². The van der Waals surface area contributed by atoms with E-state index in [9.17, 15) is 14.4 Å². The number of benzene rings is 1. The molecule has 0 unspecified atom stereocenters. The Kier molecular flexibility index (Phi) is 8.14. The van der Waals surface area contributed by atoms with E-state index in [1.54, 1.807) is 35.1 Å². The van der Waals surface area contributed by atoms with Crippen molar-refractivity contribution in [2.24, 2.45) is 10.9 Å². The lowest BCUT2D eigenvalue weighted by atomic mass is 10.0. The number of ether oxygens (including phenoxy) is 1. The number of hydrogen-bond donors (Lipinski definition) is 3. The number of amides is 2. The fourth-order valence-electron chi connectivity index (χ4n) is 4.44. The fraction of sp³-hybridized carbons (Fsp3) is 0.346. The van der Waals surface area contributed by atoms with Crippen molar-refractivity contribution >= 4 is 29.4 Å². The third-order valence-electron chi connectivity index (χ3n) is 6.61. The zero-order chi connectivity index (χ0) is 28.9. The topological polar surface area (TPSA) is 187 Å². The molecule has 5 rings (SSSR count). The summed E-state index contributed by atoms with van der Waals surface area (Å²) < 4.78 is 22.1. The number of anilines is 1. The van der Waals surface area contributed by atoms with Gasteiger partial charge >= 0.3 is 12.1 Å². The van der Waals surface area contributed by atoms with Gasteiger partial charge in [0.05, 0.1) is 43.3 Å². The summed E-state index contributed by atoms with van der Waals surface area (Å²) in [4.78, 5) is 46.2. The van der Waals surface area contributed by atoms with Crippen LogP contribution in [0.1, 0.15) is 25.0 Å². The number of halogens is 1. The van der Waals surface area contributed by atoms with Crippen molar-refractivity contribution in [1.29, 1.82) is 0 Å². The summed E-state index contributed by atoms with van der Waals surface area (Å²) in [7, 11) is 0. The minimum Gasteiger partial charge on any atom is -0.481 e. The second-order valence-corrected chi connectivity index (χ2v) is 9.59. The van der Waals surface area contributed by atoms with Gasteiger partial charge in [0.2, 0.25) is 5.91 Å². The van der Waals surface area contributed by atoms with Crippen LogP contribution in [-0.2, 0) is 25.7 Å². The molecule has 214 valence electrons. The molecule has 3 aromatic rings. The van der Waals surface area contributed by atoms with Gasteiger partial charge in [0, 0.05) is 36.4 Å². The van der Waals surface area contributed by atoms with Gasteiger partial charge in [-0.2, -0.15) is 0 Å². The summed E-state index contributed by atoms with van der Waals surface area (Å²) in [5.74, 6) is -2.01. The number of cyclic esters (lactones) is 1. The number of carboxylic acids is 1. The standard InChI is InChI=1S/C26H27FN8O6/c27-20-9-16(35-14-18(40-26(35)39)13-34-8-7-31-33-34)2-3-19(20)15-1-5-22(29-11-15)23-10-17(41-32-23)12-30-25(38)21(28)4-6-24(36)37/h1-3,5,7-9,11,17-18,21H,4,6,10,12-14,28H2,(H,30,38)(H,36,37)/t17-,18-,21-/m0/s1. The summed E-state index contributed by atoms with van der Waals surface area (Å²) in [5.41, 5.74) is 8.03. The first-order chi connectivity index (χ1) is 19.8. The average molecular weight is 567 g/mol. The van der Waals surface area contributed by atoms with Gasteiger partial charge in [-0.3, -0.25) is 19.5 Å². The quantitative estimate of drug-likeness (QED) is 0.305. The Balaban J connectivity index is 1.15. The highest BCUT2D eigenvalue weighted by molar-refractivity contribution is 6.00. The van der Waals surface area contributed by atoms with Crippen LogP contribution < -0.4 is 16.0 Å². The van der Waals surface area contributed by atoms with Crippen LogP contribution in [0.5, 0.6) is 0 Å². The Morgan fingerprint density at radius 2 is 2.10 bits per heavy atom. The number of pyridine rings is 1. The smallest absolute Gasteiger partial charge is 0.414 e. The van der Waals surface area contributed by atoms with Crippen LogP contribution in [0.2, 0.25) is 0 Å². The van der Waals surface area contributed by atoms with Crippen molar-refractivity contribution in [1.82, 2.24) is 25.3 Å². The molecule has 0 bridgehead atoms. The molecule has 2 amide bonds. The first kappa shape index (κ1) is 27.6. The van der Waals surface area contributed by atoms with Crippen LogP contribution in [0.25, 0.3) is 11.1 Å². The molecule has 41 heavy (non-hydrogen) atoms. The number of rotatable bonds is 11. The van der Waals surface area contributed by atoms with Crippen LogP contribution in [-0.4, -0.2) is 80.1 Å². The van der Waals surface area contributed by atoms with Gasteiger partial charge in [-0.25, -0.2) is 13.9 Å². The maximum absolute atomic E-state index is 15.1.